The van der Waals surface area contributed by atoms with Crippen molar-refractivity contribution in [2.24, 2.45) is 11.3 Å². The second kappa shape index (κ2) is 1.97. The maximum Gasteiger partial charge on any atom is 0.0868 e. The summed E-state index contributed by atoms with van der Waals surface area (Å²) in [6, 6.07) is 0. The van der Waals surface area contributed by atoms with E-state index in [1.165, 1.54) is 6.42 Å². The highest BCUT2D eigenvalue weighted by Gasteiger charge is 2.62. The average Bonchev–Trinajstić information content (AvgIpc) is 2.08. The topological polar surface area (TPSA) is 0 Å². The Hall–Kier alpha value is 0.960. The summed E-state index contributed by atoms with van der Waals surface area (Å²) in [5.74, 6) is 0.760. The predicted molar refractivity (Wildman–Crippen MR) is 48.1 cm³/mol. The highest BCUT2D eigenvalue weighted by atomic mass is 79.9. The minimum atomic E-state index is 0.251. The van der Waals surface area contributed by atoms with Crippen molar-refractivity contribution in [3.05, 3.63) is 0 Å². The number of hydrogen-bond donors (Lipinski definition) is 0. The number of alkyl halides is 2. The van der Waals surface area contributed by atoms with E-state index in [0.29, 0.717) is 5.41 Å². The van der Waals surface area contributed by atoms with Crippen LogP contribution in [-0.4, -0.2) is 3.23 Å². The Kier molecular flexibility index (Phi) is 1.77. The summed E-state index contributed by atoms with van der Waals surface area (Å²) in [6.07, 6.45) is 1.25. The van der Waals surface area contributed by atoms with Gasteiger partial charge in [0.05, 0.1) is 3.23 Å². The fourth-order valence-corrected chi connectivity index (χ4v) is 3.12. The molecule has 0 nitrogen and oxygen atoms in total. The van der Waals surface area contributed by atoms with Gasteiger partial charge in [0.15, 0.2) is 0 Å². The summed E-state index contributed by atoms with van der Waals surface area (Å²) < 4.78 is 0.251. The third kappa shape index (κ3) is 1.09. The number of hydrogen-bond acceptors (Lipinski definition) is 0. The monoisotopic (exact) mass is 254 g/mol. The predicted octanol–water partition coefficient (Wildman–Crippen LogP) is 3.54. The minimum absolute atomic E-state index is 0.251. The van der Waals surface area contributed by atoms with Gasteiger partial charge in [-0.2, -0.15) is 0 Å². The van der Waals surface area contributed by atoms with Gasteiger partial charge in [0, 0.05) is 0 Å². The maximum atomic E-state index is 3.63. The maximum absolute atomic E-state index is 3.63. The van der Waals surface area contributed by atoms with E-state index in [4.69, 9.17) is 0 Å². The van der Waals surface area contributed by atoms with Crippen molar-refractivity contribution in [2.75, 3.05) is 0 Å². The molecule has 0 heterocycles. The summed E-state index contributed by atoms with van der Waals surface area (Å²) in [4.78, 5) is 0. The van der Waals surface area contributed by atoms with Crippen molar-refractivity contribution in [3.8, 4) is 0 Å². The first-order chi connectivity index (χ1) is 3.90. The molecule has 9 heavy (non-hydrogen) atoms. The molecular weight excluding hydrogens is 244 g/mol. The second-order valence-electron chi connectivity index (χ2n) is 3.45. The SMILES string of the molecule is CC(C)C1(C)CC1(Br)Br. The van der Waals surface area contributed by atoms with Gasteiger partial charge >= 0.3 is 0 Å². The number of rotatable bonds is 1. The van der Waals surface area contributed by atoms with Gasteiger partial charge < -0.3 is 0 Å². The van der Waals surface area contributed by atoms with Crippen LogP contribution < -0.4 is 0 Å². The van der Waals surface area contributed by atoms with Gasteiger partial charge in [-0.15, -0.1) is 0 Å². The van der Waals surface area contributed by atoms with Crippen LogP contribution in [0, 0.1) is 11.3 Å². The molecule has 0 aromatic carbocycles. The third-order valence-corrected chi connectivity index (χ3v) is 4.95. The van der Waals surface area contributed by atoms with Crippen molar-refractivity contribution in [3.63, 3.8) is 0 Å². The minimum Gasteiger partial charge on any atom is -0.0721 e. The molecule has 0 amide bonds. The van der Waals surface area contributed by atoms with E-state index in [9.17, 15) is 0 Å². The van der Waals surface area contributed by atoms with Gasteiger partial charge in [0.2, 0.25) is 0 Å². The molecule has 1 atom stereocenters. The molecule has 1 rings (SSSR count). The molecule has 0 aliphatic heterocycles. The Morgan fingerprint density at radius 3 is 1.67 bits per heavy atom. The van der Waals surface area contributed by atoms with Crippen LogP contribution in [0.4, 0.5) is 0 Å². The molecule has 0 aromatic heterocycles. The fourth-order valence-electron chi connectivity index (χ4n) is 1.04. The Bertz CT molecular complexity index is 129. The van der Waals surface area contributed by atoms with Gasteiger partial charge in [-0.25, -0.2) is 0 Å². The largest absolute Gasteiger partial charge is 0.0868 e. The molecule has 1 aliphatic rings. The van der Waals surface area contributed by atoms with Crippen molar-refractivity contribution in [1.82, 2.24) is 0 Å². The molecule has 1 aliphatic carbocycles. The molecule has 0 saturated heterocycles. The zero-order valence-electron chi connectivity index (χ0n) is 6.04. The second-order valence-corrected chi connectivity index (χ2v) is 7.23. The molecule has 1 fully saturated rings. The van der Waals surface area contributed by atoms with Crippen LogP contribution in [0.1, 0.15) is 27.2 Å². The van der Waals surface area contributed by atoms with Crippen LogP contribution in [0.2, 0.25) is 0 Å². The lowest BCUT2D eigenvalue weighted by atomic mass is 9.95. The molecule has 1 unspecified atom stereocenters. The molecule has 0 spiro atoms. The lowest BCUT2D eigenvalue weighted by molar-refractivity contribution is 0.397. The molecule has 0 bridgehead atoms. The van der Waals surface area contributed by atoms with Crippen LogP contribution >= 0.6 is 31.9 Å². The number of halogens is 2. The van der Waals surface area contributed by atoms with E-state index in [0.717, 1.165) is 5.92 Å². The average molecular weight is 256 g/mol. The van der Waals surface area contributed by atoms with E-state index in [1.54, 1.807) is 0 Å². The quantitative estimate of drug-likeness (QED) is 0.629. The van der Waals surface area contributed by atoms with Crippen LogP contribution in [0.3, 0.4) is 0 Å². The van der Waals surface area contributed by atoms with E-state index in [-0.39, 0.29) is 3.23 Å². The normalized spacial score (nSPS) is 39.3. The van der Waals surface area contributed by atoms with Gasteiger partial charge in [0.25, 0.3) is 0 Å². The zero-order valence-corrected chi connectivity index (χ0v) is 9.21. The fraction of sp³-hybridized carbons (Fsp3) is 1.00. The van der Waals surface area contributed by atoms with Gasteiger partial charge in [-0.1, -0.05) is 52.6 Å². The van der Waals surface area contributed by atoms with Crippen molar-refractivity contribution < 1.29 is 0 Å². The molecule has 1 saturated carbocycles. The summed E-state index contributed by atoms with van der Waals surface area (Å²) >= 11 is 7.25. The third-order valence-electron chi connectivity index (χ3n) is 2.57. The molecule has 54 valence electrons. The Balaban J connectivity index is 2.63. The van der Waals surface area contributed by atoms with Gasteiger partial charge in [-0.05, 0) is 17.8 Å². The van der Waals surface area contributed by atoms with E-state index in [2.05, 4.69) is 52.6 Å². The summed E-state index contributed by atoms with van der Waals surface area (Å²) in [6.45, 7) is 6.84. The Morgan fingerprint density at radius 2 is 1.67 bits per heavy atom. The van der Waals surface area contributed by atoms with Crippen LogP contribution in [0.15, 0.2) is 0 Å². The molecule has 0 N–H and O–H groups in total. The summed E-state index contributed by atoms with van der Waals surface area (Å²) in [5.41, 5.74) is 0.479. The van der Waals surface area contributed by atoms with E-state index < -0.39 is 0 Å². The first-order valence-corrected chi connectivity index (χ1v) is 4.86. The first-order valence-electron chi connectivity index (χ1n) is 3.28. The van der Waals surface area contributed by atoms with Gasteiger partial charge in [0.1, 0.15) is 0 Å². The smallest absolute Gasteiger partial charge is 0.0721 e. The lowest BCUT2D eigenvalue weighted by Crippen LogP contribution is -2.11. The van der Waals surface area contributed by atoms with E-state index >= 15 is 0 Å². The van der Waals surface area contributed by atoms with Gasteiger partial charge in [-0.3, -0.25) is 0 Å². The molecular formula is C7H12Br2. The highest BCUT2D eigenvalue weighted by molar-refractivity contribution is 9.25. The Morgan fingerprint density at radius 1 is 1.33 bits per heavy atom. The first kappa shape index (κ1) is 8.06. The molecule has 0 radical (unpaired) electrons. The lowest BCUT2D eigenvalue weighted by Gasteiger charge is -2.15. The zero-order chi connectivity index (χ0) is 7.28. The molecule has 0 aromatic rings. The Labute approximate surface area is 73.7 Å². The van der Waals surface area contributed by atoms with Crippen LogP contribution in [0.25, 0.3) is 0 Å². The molecule has 2 heteroatoms. The summed E-state index contributed by atoms with van der Waals surface area (Å²) in [5, 5.41) is 0. The van der Waals surface area contributed by atoms with Crippen molar-refractivity contribution in [2.45, 2.75) is 30.4 Å². The van der Waals surface area contributed by atoms with Crippen molar-refractivity contribution in [1.29, 1.82) is 0 Å². The highest BCUT2D eigenvalue weighted by Crippen LogP contribution is 2.69. The van der Waals surface area contributed by atoms with Crippen LogP contribution in [0.5, 0.6) is 0 Å². The van der Waals surface area contributed by atoms with E-state index in [1.807, 2.05) is 0 Å². The summed E-state index contributed by atoms with van der Waals surface area (Å²) in [7, 11) is 0. The standard InChI is InChI=1S/C7H12Br2/c1-5(2)6(3)4-7(6,8)9/h5H,4H2,1-3H3. The van der Waals surface area contributed by atoms with Crippen molar-refractivity contribution >= 4 is 31.9 Å². The van der Waals surface area contributed by atoms with Crippen LogP contribution in [-0.2, 0) is 0 Å².